The standard InChI is InChI=1S/C14H28N2O2.ClH/c1-11(2)14-12(6-5-9-18-14)10-16-13(17)7-4-8-15-3;/h11-12,14-15H,4-10H2,1-3H3,(H,16,17);1H. The van der Waals surface area contributed by atoms with Crippen LogP contribution in [0.2, 0.25) is 0 Å². The summed E-state index contributed by atoms with van der Waals surface area (Å²) >= 11 is 0. The van der Waals surface area contributed by atoms with Crippen LogP contribution in [0.15, 0.2) is 0 Å². The molecule has 1 amide bonds. The normalized spacial score (nSPS) is 22.9. The lowest BCUT2D eigenvalue weighted by molar-refractivity contribution is -0.122. The Bertz CT molecular complexity index is 250. The molecule has 1 aliphatic heterocycles. The topological polar surface area (TPSA) is 50.4 Å². The van der Waals surface area contributed by atoms with Gasteiger partial charge in [-0.3, -0.25) is 4.79 Å². The first-order valence-corrected chi connectivity index (χ1v) is 7.18. The monoisotopic (exact) mass is 292 g/mol. The van der Waals surface area contributed by atoms with Gasteiger partial charge in [-0.15, -0.1) is 12.4 Å². The van der Waals surface area contributed by atoms with Gasteiger partial charge in [-0.05, 0) is 38.8 Å². The third-order valence-corrected chi connectivity index (χ3v) is 3.54. The van der Waals surface area contributed by atoms with Gasteiger partial charge >= 0.3 is 0 Å². The Labute approximate surface area is 123 Å². The van der Waals surface area contributed by atoms with Crippen molar-refractivity contribution in [3.63, 3.8) is 0 Å². The van der Waals surface area contributed by atoms with Crippen molar-refractivity contribution >= 4 is 18.3 Å². The first kappa shape index (κ1) is 18.7. The Hall–Kier alpha value is -0.320. The van der Waals surface area contributed by atoms with Crippen molar-refractivity contribution < 1.29 is 9.53 Å². The van der Waals surface area contributed by atoms with Gasteiger partial charge in [0.2, 0.25) is 5.91 Å². The fraction of sp³-hybridized carbons (Fsp3) is 0.929. The van der Waals surface area contributed by atoms with E-state index in [1.165, 1.54) is 6.42 Å². The van der Waals surface area contributed by atoms with Gasteiger partial charge in [0.15, 0.2) is 0 Å². The molecular formula is C14H29ClN2O2. The minimum atomic E-state index is 0. The number of nitrogens with one attached hydrogen (secondary N) is 2. The molecule has 1 aliphatic rings. The van der Waals surface area contributed by atoms with E-state index >= 15 is 0 Å². The fourth-order valence-electron chi connectivity index (χ4n) is 2.58. The van der Waals surface area contributed by atoms with E-state index in [1.54, 1.807) is 0 Å². The van der Waals surface area contributed by atoms with E-state index in [0.29, 0.717) is 24.4 Å². The summed E-state index contributed by atoms with van der Waals surface area (Å²) in [5.41, 5.74) is 0. The minimum absolute atomic E-state index is 0. The number of carbonyl (C=O) groups excluding carboxylic acids is 1. The summed E-state index contributed by atoms with van der Waals surface area (Å²) in [6, 6.07) is 0. The number of hydrogen-bond donors (Lipinski definition) is 2. The van der Waals surface area contributed by atoms with Crippen LogP contribution < -0.4 is 10.6 Å². The van der Waals surface area contributed by atoms with Crippen molar-refractivity contribution in [2.24, 2.45) is 11.8 Å². The molecule has 1 saturated heterocycles. The highest BCUT2D eigenvalue weighted by Gasteiger charge is 2.28. The van der Waals surface area contributed by atoms with Gasteiger partial charge in [0, 0.05) is 25.5 Å². The predicted octanol–water partition coefficient (Wildman–Crippen LogP) is 1.98. The lowest BCUT2D eigenvalue weighted by atomic mass is 9.87. The van der Waals surface area contributed by atoms with E-state index in [-0.39, 0.29) is 18.3 Å². The van der Waals surface area contributed by atoms with Gasteiger partial charge in [0.05, 0.1) is 6.10 Å². The van der Waals surface area contributed by atoms with Crippen LogP contribution in [-0.4, -0.2) is 38.8 Å². The zero-order valence-electron chi connectivity index (χ0n) is 12.4. The Balaban J connectivity index is 0.00000324. The van der Waals surface area contributed by atoms with Crippen molar-refractivity contribution in [3.05, 3.63) is 0 Å². The molecule has 4 nitrogen and oxygen atoms in total. The molecule has 0 aliphatic carbocycles. The average Bonchev–Trinajstić information content (AvgIpc) is 2.37. The Morgan fingerprint density at radius 1 is 1.42 bits per heavy atom. The van der Waals surface area contributed by atoms with Crippen molar-refractivity contribution in [2.45, 2.75) is 45.6 Å². The van der Waals surface area contributed by atoms with Gasteiger partial charge < -0.3 is 15.4 Å². The molecule has 2 unspecified atom stereocenters. The number of hydrogen-bond acceptors (Lipinski definition) is 3. The zero-order chi connectivity index (χ0) is 13.4. The molecular weight excluding hydrogens is 264 g/mol. The second kappa shape index (κ2) is 10.5. The summed E-state index contributed by atoms with van der Waals surface area (Å²) in [6.45, 7) is 6.92. The summed E-state index contributed by atoms with van der Waals surface area (Å²) in [5, 5.41) is 6.10. The van der Waals surface area contributed by atoms with Crippen molar-refractivity contribution in [2.75, 3.05) is 26.7 Å². The van der Waals surface area contributed by atoms with Gasteiger partial charge in [0.25, 0.3) is 0 Å². The van der Waals surface area contributed by atoms with Gasteiger partial charge in [-0.1, -0.05) is 13.8 Å². The lowest BCUT2D eigenvalue weighted by Crippen LogP contribution is -2.41. The molecule has 114 valence electrons. The average molecular weight is 293 g/mol. The highest BCUT2D eigenvalue weighted by molar-refractivity contribution is 5.85. The van der Waals surface area contributed by atoms with Crippen LogP contribution in [-0.2, 0) is 9.53 Å². The van der Waals surface area contributed by atoms with E-state index in [1.807, 2.05) is 7.05 Å². The van der Waals surface area contributed by atoms with Crippen LogP contribution in [0.5, 0.6) is 0 Å². The SMILES string of the molecule is CNCCCC(=O)NCC1CCCOC1C(C)C.Cl. The van der Waals surface area contributed by atoms with Crippen LogP contribution in [0.25, 0.3) is 0 Å². The van der Waals surface area contributed by atoms with Crippen molar-refractivity contribution in [1.82, 2.24) is 10.6 Å². The van der Waals surface area contributed by atoms with Crippen LogP contribution in [0.4, 0.5) is 0 Å². The maximum Gasteiger partial charge on any atom is 0.220 e. The number of halogens is 1. The van der Waals surface area contributed by atoms with Crippen LogP contribution in [0.1, 0.15) is 39.5 Å². The molecule has 1 heterocycles. The molecule has 0 bridgehead atoms. The molecule has 0 spiro atoms. The number of rotatable bonds is 7. The highest BCUT2D eigenvalue weighted by atomic mass is 35.5. The Morgan fingerprint density at radius 2 is 2.16 bits per heavy atom. The third kappa shape index (κ3) is 7.14. The first-order chi connectivity index (χ1) is 8.65. The van der Waals surface area contributed by atoms with Crippen LogP contribution in [0, 0.1) is 11.8 Å². The fourth-order valence-corrected chi connectivity index (χ4v) is 2.58. The van der Waals surface area contributed by atoms with E-state index < -0.39 is 0 Å². The molecule has 19 heavy (non-hydrogen) atoms. The smallest absolute Gasteiger partial charge is 0.220 e. The van der Waals surface area contributed by atoms with Crippen LogP contribution >= 0.6 is 12.4 Å². The third-order valence-electron chi connectivity index (χ3n) is 3.54. The maximum absolute atomic E-state index is 11.7. The predicted molar refractivity (Wildman–Crippen MR) is 80.7 cm³/mol. The van der Waals surface area contributed by atoms with Gasteiger partial charge in [-0.25, -0.2) is 0 Å². The van der Waals surface area contributed by atoms with Crippen molar-refractivity contribution in [1.29, 1.82) is 0 Å². The van der Waals surface area contributed by atoms with E-state index in [0.717, 1.165) is 32.5 Å². The van der Waals surface area contributed by atoms with Crippen LogP contribution in [0.3, 0.4) is 0 Å². The largest absolute Gasteiger partial charge is 0.378 e. The van der Waals surface area contributed by atoms with E-state index in [4.69, 9.17) is 4.74 Å². The Morgan fingerprint density at radius 3 is 2.79 bits per heavy atom. The molecule has 5 heteroatoms. The van der Waals surface area contributed by atoms with Gasteiger partial charge in [-0.2, -0.15) is 0 Å². The number of ether oxygens (including phenoxy) is 1. The number of amides is 1. The first-order valence-electron chi connectivity index (χ1n) is 7.18. The molecule has 2 atom stereocenters. The summed E-state index contributed by atoms with van der Waals surface area (Å²) in [4.78, 5) is 11.7. The van der Waals surface area contributed by atoms with E-state index in [9.17, 15) is 4.79 Å². The number of carbonyl (C=O) groups is 1. The summed E-state index contributed by atoms with van der Waals surface area (Å²) < 4.78 is 5.82. The zero-order valence-corrected chi connectivity index (χ0v) is 13.2. The second-order valence-corrected chi connectivity index (χ2v) is 5.49. The minimum Gasteiger partial charge on any atom is -0.378 e. The Kier molecular flexibility index (Phi) is 10.3. The molecule has 2 N–H and O–H groups in total. The molecule has 0 aromatic heterocycles. The molecule has 0 radical (unpaired) electrons. The van der Waals surface area contributed by atoms with Crippen molar-refractivity contribution in [3.8, 4) is 0 Å². The summed E-state index contributed by atoms with van der Waals surface area (Å²) in [7, 11) is 1.91. The molecule has 0 aromatic rings. The molecule has 0 saturated carbocycles. The lowest BCUT2D eigenvalue weighted by Gasteiger charge is -2.34. The van der Waals surface area contributed by atoms with Gasteiger partial charge in [0.1, 0.15) is 0 Å². The quantitative estimate of drug-likeness (QED) is 0.706. The highest BCUT2D eigenvalue weighted by Crippen LogP contribution is 2.25. The molecule has 0 aromatic carbocycles. The second-order valence-electron chi connectivity index (χ2n) is 5.49. The molecule has 1 fully saturated rings. The van der Waals surface area contributed by atoms with E-state index in [2.05, 4.69) is 24.5 Å². The maximum atomic E-state index is 11.7. The summed E-state index contributed by atoms with van der Waals surface area (Å²) in [6.07, 6.45) is 4.09. The summed E-state index contributed by atoms with van der Waals surface area (Å²) in [5.74, 6) is 1.17. The molecule has 1 rings (SSSR count).